The van der Waals surface area contributed by atoms with E-state index < -0.39 is 18.0 Å². The number of hydrogen-bond donors (Lipinski definition) is 2. The first kappa shape index (κ1) is 12.9. The van der Waals surface area contributed by atoms with Gasteiger partial charge < -0.3 is 5.73 Å². The summed E-state index contributed by atoms with van der Waals surface area (Å²) in [5, 5.41) is 1.27. The third kappa shape index (κ3) is 3.46. The van der Waals surface area contributed by atoms with Gasteiger partial charge in [-0.1, -0.05) is 0 Å². The normalized spacial score (nSPS) is 22.1. The Morgan fingerprint density at radius 1 is 1.44 bits per heavy atom. The van der Waals surface area contributed by atoms with Crippen molar-refractivity contribution in [3.8, 4) is 0 Å². The van der Waals surface area contributed by atoms with Crippen LogP contribution in [-0.2, 0) is 9.59 Å². The van der Waals surface area contributed by atoms with E-state index in [4.69, 9.17) is 5.73 Å². The zero-order valence-electron chi connectivity index (χ0n) is 8.38. The van der Waals surface area contributed by atoms with Crippen LogP contribution >= 0.6 is 0 Å². The van der Waals surface area contributed by atoms with Crippen molar-refractivity contribution in [2.45, 2.75) is 25.2 Å². The molecule has 0 aromatic rings. The molecule has 0 aromatic carbocycles. The molecule has 92 valence electrons. The molecule has 1 unspecified atom stereocenters. The van der Waals surface area contributed by atoms with Gasteiger partial charge in [-0.25, -0.2) is 0 Å². The van der Waals surface area contributed by atoms with Crippen LogP contribution in [-0.4, -0.2) is 42.1 Å². The highest BCUT2D eigenvalue weighted by Gasteiger charge is 2.40. The number of nitrogens with two attached hydrogens (primary N) is 1. The van der Waals surface area contributed by atoms with Crippen molar-refractivity contribution in [2.24, 2.45) is 5.73 Å². The van der Waals surface area contributed by atoms with E-state index in [1.807, 2.05) is 0 Å². The summed E-state index contributed by atoms with van der Waals surface area (Å²) < 4.78 is 35.4. The quantitative estimate of drug-likeness (QED) is 0.685. The van der Waals surface area contributed by atoms with E-state index in [9.17, 15) is 22.8 Å². The zero-order valence-corrected chi connectivity index (χ0v) is 8.38. The molecule has 2 amide bonds. The standard InChI is InChI=1S/C8H12F3N3O2/c9-8(10,11)7(16)13-6(15)4-14-3-1-2-5(14)12/h5H,1-4,12H2,(H,13,15,16). The summed E-state index contributed by atoms with van der Waals surface area (Å²) in [4.78, 5) is 23.0. The zero-order chi connectivity index (χ0) is 12.3. The first-order chi connectivity index (χ1) is 7.30. The number of halogens is 3. The van der Waals surface area contributed by atoms with Crippen molar-refractivity contribution in [1.29, 1.82) is 0 Å². The molecule has 5 nitrogen and oxygen atoms in total. The maximum atomic E-state index is 11.8. The lowest BCUT2D eigenvalue weighted by molar-refractivity contribution is -0.174. The van der Waals surface area contributed by atoms with E-state index in [1.54, 1.807) is 0 Å². The Kier molecular flexibility index (Phi) is 3.87. The highest BCUT2D eigenvalue weighted by Crippen LogP contribution is 2.14. The lowest BCUT2D eigenvalue weighted by Crippen LogP contribution is -2.47. The fourth-order valence-corrected chi connectivity index (χ4v) is 1.47. The molecule has 1 heterocycles. The molecule has 8 heteroatoms. The van der Waals surface area contributed by atoms with Crippen LogP contribution in [0.5, 0.6) is 0 Å². The maximum absolute atomic E-state index is 11.8. The lowest BCUT2D eigenvalue weighted by Gasteiger charge is -2.19. The summed E-state index contributed by atoms with van der Waals surface area (Å²) in [6.45, 7) is 0.262. The molecule has 1 atom stereocenters. The summed E-state index contributed by atoms with van der Waals surface area (Å²) in [6, 6.07) is 0. The minimum atomic E-state index is -5.04. The van der Waals surface area contributed by atoms with E-state index in [-0.39, 0.29) is 12.7 Å². The highest BCUT2D eigenvalue weighted by molar-refractivity contribution is 5.98. The van der Waals surface area contributed by atoms with Gasteiger partial charge in [0, 0.05) is 6.54 Å². The Balaban J connectivity index is 2.39. The molecule has 0 bridgehead atoms. The van der Waals surface area contributed by atoms with Gasteiger partial charge in [-0.15, -0.1) is 0 Å². The molecule has 1 rings (SSSR count). The highest BCUT2D eigenvalue weighted by atomic mass is 19.4. The number of carbonyl (C=O) groups excluding carboxylic acids is 2. The Morgan fingerprint density at radius 3 is 2.50 bits per heavy atom. The van der Waals surface area contributed by atoms with Crippen LogP contribution in [0.4, 0.5) is 13.2 Å². The van der Waals surface area contributed by atoms with Crippen molar-refractivity contribution in [3.63, 3.8) is 0 Å². The van der Waals surface area contributed by atoms with Gasteiger partial charge in [-0.05, 0) is 12.8 Å². The monoisotopic (exact) mass is 239 g/mol. The summed E-state index contributed by atoms with van der Waals surface area (Å²) in [7, 11) is 0. The van der Waals surface area contributed by atoms with E-state index >= 15 is 0 Å². The second-order valence-corrected chi connectivity index (χ2v) is 3.56. The summed E-state index contributed by atoms with van der Waals surface area (Å²) >= 11 is 0. The van der Waals surface area contributed by atoms with Gasteiger partial charge in [0.15, 0.2) is 0 Å². The molecule has 1 aliphatic heterocycles. The molecule has 1 fully saturated rings. The van der Waals surface area contributed by atoms with Crippen LogP contribution in [0.3, 0.4) is 0 Å². The van der Waals surface area contributed by atoms with Crippen LogP contribution in [0, 0.1) is 0 Å². The Morgan fingerprint density at radius 2 is 2.06 bits per heavy atom. The number of nitrogens with zero attached hydrogens (tertiary/aromatic N) is 1. The predicted octanol–water partition coefficient (Wildman–Crippen LogP) is -0.428. The molecule has 16 heavy (non-hydrogen) atoms. The summed E-state index contributed by atoms with van der Waals surface area (Å²) in [6.07, 6.45) is -3.88. The topological polar surface area (TPSA) is 75.4 Å². The van der Waals surface area contributed by atoms with Crippen LogP contribution in [0.25, 0.3) is 0 Å². The molecule has 0 aliphatic carbocycles. The first-order valence-electron chi connectivity index (χ1n) is 4.71. The Labute approximate surface area is 89.8 Å². The SMILES string of the molecule is NC1CCCN1CC(=O)NC(=O)C(F)(F)F. The van der Waals surface area contributed by atoms with Crippen molar-refractivity contribution in [1.82, 2.24) is 10.2 Å². The lowest BCUT2D eigenvalue weighted by atomic mass is 10.3. The number of nitrogens with one attached hydrogen (secondary N) is 1. The number of rotatable bonds is 2. The van der Waals surface area contributed by atoms with Gasteiger partial charge in [-0.3, -0.25) is 19.8 Å². The summed E-state index contributed by atoms with van der Waals surface area (Å²) in [5.74, 6) is -3.23. The number of carbonyl (C=O) groups is 2. The van der Waals surface area contributed by atoms with Crippen molar-refractivity contribution in [3.05, 3.63) is 0 Å². The van der Waals surface area contributed by atoms with Crippen molar-refractivity contribution in [2.75, 3.05) is 13.1 Å². The smallest absolute Gasteiger partial charge is 0.316 e. The van der Waals surface area contributed by atoms with E-state index in [1.165, 1.54) is 10.2 Å². The van der Waals surface area contributed by atoms with E-state index in [0.29, 0.717) is 13.0 Å². The fraction of sp³-hybridized carbons (Fsp3) is 0.750. The van der Waals surface area contributed by atoms with Crippen molar-refractivity contribution < 1.29 is 22.8 Å². The number of likely N-dealkylation sites (tertiary alicyclic amines) is 1. The largest absolute Gasteiger partial charge is 0.471 e. The van der Waals surface area contributed by atoms with Gasteiger partial charge in [-0.2, -0.15) is 13.2 Å². The molecule has 1 saturated heterocycles. The number of hydrogen-bond acceptors (Lipinski definition) is 4. The molecule has 3 N–H and O–H groups in total. The van der Waals surface area contributed by atoms with Crippen molar-refractivity contribution >= 4 is 11.8 Å². The van der Waals surface area contributed by atoms with Crippen LogP contribution in [0.1, 0.15) is 12.8 Å². The van der Waals surface area contributed by atoms with E-state index in [0.717, 1.165) is 6.42 Å². The third-order valence-electron chi connectivity index (χ3n) is 2.27. The van der Waals surface area contributed by atoms with Crippen LogP contribution in [0.15, 0.2) is 0 Å². The van der Waals surface area contributed by atoms with Crippen LogP contribution in [0.2, 0.25) is 0 Å². The minimum absolute atomic E-state index is 0.289. The van der Waals surface area contributed by atoms with E-state index in [2.05, 4.69) is 0 Å². The molecule has 0 radical (unpaired) electrons. The average molecular weight is 239 g/mol. The van der Waals surface area contributed by atoms with Crippen LogP contribution < -0.4 is 11.1 Å². The van der Waals surface area contributed by atoms with Gasteiger partial charge in [0.2, 0.25) is 5.91 Å². The minimum Gasteiger partial charge on any atom is -0.316 e. The molecule has 1 aliphatic rings. The number of alkyl halides is 3. The third-order valence-corrected chi connectivity index (χ3v) is 2.27. The predicted molar refractivity (Wildman–Crippen MR) is 48.0 cm³/mol. The second-order valence-electron chi connectivity index (χ2n) is 3.56. The fourth-order valence-electron chi connectivity index (χ4n) is 1.47. The summed E-state index contributed by atoms with van der Waals surface area (Å²) in [5.41, 5.74) is 5.58. The average Bonchev–Trinajstić information content (AvgIpc) is 2.50. The number of imide groups is 1. The maximum Gasteiger partial charge on any atom is 0.471 e. The molecular formula is C8H12F3N3O2. The van der Waals surface area contributed by atoms with Gasteiger partial charge in [0.25, 0.3) is 0 Å². The molecule has 0 aromatic heterocycles. The molecule has 0 saturated carbocycles. The first-order valence-corrected chi connectivity index (χ1v) is 4.71. The molecule has 0 spiro atoms. The second kappa shape index (κ2) is 4.79. The van der Waals surface area contributed by atoms with Gasteiger partial charge in [0.05, 0.1) is 12.7 Å². The Bertz CT molecular complexity index is 293. The van der Waals surface area contributed by atoms with Gasteiger partial charge >= 0.3 is 12.1 Å². The Hall–Kier alpha value is -1.15. The molecular weight excluding hydrogens is 227 g/mol. The van der Waals surface area contributed by atoms with Gasteiger partial charge in [0.1, 0.15) is 0 Å². The number of amides is 2.